The van der Waals surface area contributed by atoms with Crippen molar-refractivity contribution in [2.75, 3.05) is 31.1 Å². The standard InChI is InChI=1S/C21H18Cl2N6O/c1-13-25-26-19-17-7-6-16(23)12-18(17)24-21(29(13)19)28-10-8-27(9-11-28)20(30)14-2-4-15(22)5-3-14/h2-7,12H,8-11H2,1H3. The molecule has 0 bridgehead atoms. The van der Waals surface area contributed by atoms with Crippen LogP contribution in [0.4, 0.5) is 5.95 Å². The summed E-state index contributed by atoms with van der Waals surface area (Å²) in [6.45, 7) is 4.42. The van der Waals surface area contributed by atoms with Gasteiger partial charge in [-0.2, -0.15) is 0 Å². The Morgan fingerprint density at radius 1 is 0.933 bits per heavy atom. The number of hydrogen-bond acceptors (Lipinski definition) is 5. The van der Waals surface area contributed by atoms with Crippen LogP contribution < -0.4 is 4.90 Å². The Bertz CT molecular complexity index is 1260. The molecule has 30 heavy (non-hydrogen) atoms. The molecule has 9 heteroatoms. The molecule has 1 amide bonds. The first kappa shape index (κ1) is 19.1. The molecular formula is C21H18Cl2N6O. The number of carbonyl (C=O) groups is 1. The molecule has 2 aromatic carbocycles. The van der Waals surface area contributed by atoms with E-state index in [0.717, 1.165) is 28.3 Å². The Morgan fingerprint density at radius 3 is 2.37 bits per heavy atom. The van der Waals surface area contributed by atoms with Crippen molar-refractivity contribution in [3.05, 3.63) is 63.9 Å². The van der Waals surface area contributed by atoms with E-state index in [0.29, 0.717) is 41.8 Å². The minimum atomic E-state index is 0.00944. The van der Waals surface area contributed by atoms with Gasteiger partial charge >= 0.3 is 0 Å². The SMILES string of the molecule is Cc1nnc2c3ccc(Cl)cc3nc(N3CCN(C(=O)c4ccc(Cl)cc4)CC3)n12. The molecule has 7 nitrogen and oxygen atoms in total. The van der Waals surface area contributed by atoms with Gasteiger partial charge in [-0.05, 0) is 49.4 Å². The van der Waals surface area contributed by atoms with Crippen LogP contribution in [0.2, 0.25) is 10.0 Å². The van der Waals surface area contributed by atoms with Gasteiger partial charge in [-0.15, -0.1) is 10.2 Å². The second-order valence-electron chi connectivity index (χ2n) is 7.27. The van der Waals surface area contributed by atoms with Crippen LogP contribution in [0.25, 0.3) is 16.6 Å². The van der Waals surface area contributed by atoms with Gasteiger partial charge in [0.2, 0.25) is 5.95 Å². The smallest absolute Gasteiger partial charge is 0.253 e. The lowest BCUT2D eigenvalue weighted by Gasteiger charge is -2.35. The van der Waals surface area contributed by atoms with E-state index < -0.39 is 0 Å². The number of fused-ring (bicyclic) bond motifs is 3. The molecule has 1 aliphatic heterocycles. The molecule has 1 fully saturated rings. The molecule has 0 radical (unpaired) electrons. The van der Waals surface area contributed by atoms with Crippen molar-refractivity contribution >= 4 is 51.6 Å². The summed E-state index contributed by atoms with van der Waals surface area (Å²) in [5.74, 6) is 1.54. The summed E-state index contributed by atoms with van der Waals surface area (Å²) < 4.78 is 1.97. The number of carbonyl (C=O) groups excluding carboxylic acids is 1. The maximum Gasteiger partial charge on any atom is 0.253 e. The fourth-order valence-electron chi connectivity index (χ4n) is 3.82. The molecule has 1 aliphatic rings. The molecule has 1 saturated heterocycles. The highest BCUT2D eigenvalue weighted by atomic mass is 35.5. The minimum absolute atomic E-state index is 0.00944. The molecule has 0 saturated carbocycles. The molecule has 4 aromatic rings. The highest BCUT2D eigenvalue weighted by Crippen LogP contribution is 2.27. The normalized spacial score (nSPS) is 14.6. The molecule has 0 atom stereocenters. The number of hydrogen-bond donors (Lipinski definition) is 0. The van der Waals surface area contributed by atoms with Crippen LogP contribution in [0.15, 0.2) is 42.5 Å². The Morgan fingerprint density at radius 2 is 1.63 bits per heavy atom. The van der Waals surface area contributed by atoms with Gasteiger partial charge in [-0.3, -0.25) is 4.79 Å². The number of anilines is 1. The van der Waals surface area contributed by atoms with Crippen LogP contribution in [0.3, 0.4) is 0 Å². The average Bonchev–Trinajstić information content (AvgIpc) is 3.15. The van der Waals surface area contributed by atoms with E-state index in [1.807, 2.05) is 34.4 Å². The van der Waals surface area contributed by atoms with E-state index in [4.69, 9.17) is 28.2 Å². The first-order valence-electron chi connectivity index (χ1n) is 9.62. The first-order valence-corrected chi connectivity index (χ1v) is 10.4. The van der Waals surface area contributed by atoms with Crippen molar-refractivity contribution in [2.45, 2.75) is 6.92 Å². The van der Waals surface area contributed by atoms with Crippen LogP contribution in [0.1, 0.15) is 16.2 Å². The van der Waals surface area contributed by atoms with Crippen LogP contribution in [0.5, 0.6) is 0 Å². The predicted molar refractivity (Wildman–Crippen MR) is 118 cm³/mol. The van der Waals surface area contributed by atoms with Gasteiger partial charge in [0.25, 0.3) is 5.91 Å². The average molecular weight is 441 g/mol. The van der Waals surface area contributed by atoms with Crippen molar-refractivity contribution in [2.24, 2.45) is 0 Å². The largest absolute Gasteiger partial charge is 0.338 e. The van der Waals surface area contributed by atoms with Crippen LogP contribution in [0, 0.1) is 6.92 Å². The number of aryl methyl sites for hydroxylation is 1. The van der Waals surface area contributed by atoms with E-state index in [-0.39, 0.29) is 5.91 Å². The number of benzene rings is 2. The molecule has 5 rings (SSSR count). The lowest BCUT2D eigenvalue weighted by atomic mass is 10.2. The van der Waals surface area contributed by atoms with Crippen molar-refractivity contribution in [1.82, 2.24) is 24.5 Å². The second-order valence-corrected chi connectivity index (χ2v) is 8.14. The molecule has 0 unspecified atom stereocenters. The van der Waals surface area contributed by atoms with Crippen molar-refractivity contribution in [1.29, 1.82) is 0 Å². The lowest BCUT2D eigenvalue weighted by molar-refractivity contribution is 0.0746. The Hall–Kier alpha value is -2.90. The van der Waals surface area contributed by atoms with E-state index in [2.05, 4.69) is 15.1 Å². The zero-order chi connectivity index (χ0) is 20.8. The highest BCUT2D eigenvalue weighted by Gasteiger charge is 2.25. The topological polar surface area (TPSA) is 66.6 Å². The predicted octanol–water partition coefficient (Wildman–Crippen LogP) is 3.86. The summed E-state index contributed by atoms with van der Waals surface area (Å²) in [6.07, 6.45) is 0. The maximum atomic E-state index is 12.8. The summed E-state index contributed by atoms with van der Waals surface area (Å²) >= 11 is 12.1. The number of rotatable bonds is 2. The Kier molecular flexibility index (Phi) is 4.72. The molecule has 0 aliphatic carbocycles. The molecular weight excluding hydrogens is 423 g/mol. The maximum absolute atomic E-state index is 12.8. The van der Waals surface area contributed by atoms with E-state index >= 15 is 0 Å². The van der Waals surface area contributed by atoms with Gasteiger partial charge in [-0.1, -0.05) is 23.2 Å². The number of halogens is 2. The van der Waals surface area contributed by atoms with Crippen molar-refractivity contribution in [3.63, 3.8) is 0 Å². The van der Waals surface area contributed by atoms with Crippen LogP contribution in [-0.2, 0) is 0 Å². The summed E-state index contributed by atoms with van der Waals surface area (Å²) in [5.41, 5.74) is 2.17. The summed E-state index contributed by atoms with van der Waals surface area (Å²) in [5, 5.41) is 10.7. The first-order chi connectivity index (χ1) is 14.5. The third-order valence-corrected chi connectivity index (χ3v) is 5.87. The number of amides is 1. The summed E-state index contributed by atoms with van der Waals surface area (Å²) in [7, 11) is 0. The Balaban J connectivity index is 1.45. The lowest BCUT2D eigenvalue weighted by Crippen LogP contribution is -2.49. The highest BCUT2D eigenvalue weighted by molar-refractivity contribution is 6.31. The zero-order valence-electron chi connectivity index (χ0n) is 16.2. The van der Waals surface area contributed by atoms with Crippen LogP contribution >= 0.6 is 23.2 Å². The van der Waals surface area contributed by atoms with Gasteiger partial charge in [0, 0.05) is 47.2 Å². The summed E-state index contributed by atoms with van der Waals surface area (Å²) in [6, 6.07) is 12.6. The monoisotopic (exact) mass is 440 g/mol. The fourth-order valence-corrected chi connectivity index (χ4v) is 4.11. The molecule has 0 N–H and O–H groups in total. The third-order valence-electron chi connectivity index (χ3n) is 5.39. The van der Waals surface area contributed by atoms with Gasteiger partial charge in [0.05, 0.1) is 5.52 Å². The van der Waals surface area contributed by atoms with Crippen molar-refractivity contribution in [3.8, 4) is 0 Å². The van der Waals surface area contributed by atoms with E-state index in [1.165, 1.54) is 0 Å². The molecule has 0 spiro atoms. The minimum Gasteiger partial charge on any atom is -0.338 e. The van der Waals surface area contributed by atoms with Gasteiger partial charge < -0.3 is 9.80 Å². The van der Waals surface area contributed by atoms with Crippen LogP contribution in [-0.4, -0.2) is 56.6 Å². The van der Waals surface area contributed by atoms with Gasteiger partial charge in [0.15, 0.2) is 5.65 Å². The third kappa shape index (κ3) is 3.24. The zero-order valence-corrected chi connectivity index (χ0v) is 17.7. The fraction of sp³-hybridized carbons (Fsp3) is 0.238. The molecule has 2 aromatic heterocycles. The number of piperazine rings is 1. The Labute approximate surface area is 182 Å². The quantitative estimate of drug-likeness (QED) is 0.473. The van der Waals surface area contributed by atoms with Crippen molar-refractivity contribution < 1.29 is 4.79 Å². The van der Waals surface area contributed by atoms with Gasteiger partial charge in [-0.25, -0.2) is 9.38 Å². The van der Waals surface area contributed by atoms with E-state index in [9.17, 15) is 4.79 Å². The van der Waals surface area contributed by atoms with E-state index in [1.54, 1.807) is 24.3 Å². The molecule has 3 heterocycles. The number of aromatic nitrogens is 4. The summed E-state index contributed by atoms with van der Waals surface area (Å²) in [4.78, 5) is 21.7. The molecule has 152 valence electrons. The second kappa shape index (κ2) is 7.41. The van der Waals surface area contributed by atoms with Gasteiger partial charge in [0.1, 0.15) is 5.82 Å². The number of nitrogens with zero attached hydrogens (tertiary/aromatic N) is 6.